The summed E-state index contributed by atoms with van der Waals surface area (Å²) in [7, 11) is 1.77. The van der Waals surface area contributed by atoms with E-state index < -0.39 is 0 Å². The average Bonchev–Trinajstić information content (AvgIpc) is 2.47. The highest BCUT2D eigenvalue weighted by atomic mass is 16.3. The summed E-state index contributed by atoms with van der Waals surface area (Å²) in [4.78, 5) is 14.0. The molecule has 0 radical (unpaired) electrons. The maximum absolute atomic E-state index is 12.3. The topological polar surface area (TPSA) is 52.6 Å². The van der Waals surface area contributed by atoms with Gasteiger partial charge in [0.2, 0.25) is 5.91 Å². The molecule has 2 rings (SSSR count). The number of phenols is 1. The Labute approximate surface area is 120 Å². The third-order valence-corrected chi connectivity index (χ3v) is 4.23. The lowest BCUT2D eigenvalue weighted by Crippen LogP contribution is -2.36. The first-order chi connectivity index (χ1) is 9.58. The molecule has 0 saturated carbocycles. The van der Waals surface area contributed by atoms with Gasteiger partial charge in [0.1, 0.15) is 5.75 Å². The molecule has 0 aromatic heterocycles. The van der Waals surface area contributed by atoms with Crippen molar-refractivity contribution in [1.29, 1.82) is 0 Å². The number of amides is 1. The summed E-state index contributed by atoms with van der Waals surface area (Å²) in [6.07, 6.45) is 2.96. The summed E-state index contributed by atoms with van der Waals surface area (Å²) in [5.74, 6) is 1.26. The van der Waals surface area contributed by atoms with E-state index in [1.54, 1.807) is 30.1 Å². The highest BCUT2D eigenvalue weighted by Crippen LogP contribution is 2.25. The van der Waals surface area contributed by atoms with E-state index in [0.717, 1.165) is 18.8 Å². The lowest BCUT2D eigenvalue weighted by atomic mass is 9.85. The van der Waals surface area contributed by atoms with Gasteiger partial charge in [-0.15, -0.1) is 0 Å². The van der Waals surface area contributed by atoms with Gasteiger partial charge >= 0.3 is 0 Å². The lowest BCUT2D eigenvalue weighted by Gasteiger charge is -2.29. The minimum absolute atomic E-state index is 0.105. The number of benzene rings is 1. The zero-order valence-corrected chi connectivity index (χ0v) is 12.3. The van der Waals surface area contributed by atoms with Gasteiger partial charge in [-0.3, -0.25) is 4.79 Å². The molecule has 0 bridgehead atoms. The zero-order valence-electron chi connectivity index (χ0n) is 12.3. The molecule has 1 saturated heterocycles. The second kappa shape index (κ2) is 6.75. The van der Waals surface area contributed by atoms with Gasteiger partial charge < -0.3 is 15.3 Å². The second-order valence-electron chi connectivity index (χ2n) is 5.76. The third kappa shape index (κ3) is 3.73. The molecule has 2 N–H and O–H groups in total. The number of nitrogens with one attached hydrogen (secondary N) is 1. The van der Waals surface area contributed by atoms with Gasteiger partial charge in [0.15, 0.2) is 0 Å². The van der Waals surface area contributed by atoms with Crippen LogP contribution in [0.3, 0.4) is 0 Å². The molecule has 2 atom stereocenters. The van der Waals surface area contributed by atoms with E-state index in [2.05, 4.69) is 12.2 Å². The fourth-order valence-corrected chi connectivity index (χ4v) is 2.79. The van der Waals surface area contributed by atoms with Gasteiger partial charge in [-0.1, -0.05) is 13.0 Å². The minimum atomic E-state index is 0.105. The number of aromatic hydroxyl groups is 1. The number of phenolic OH excluding ortho intramolecular Hbond substituents is 1. The smallest absolute Gasteiger partial charge is 0.226 e. The van der Waals surface area contributed by atoms with E-state index in [-0.39, 0.29) is 11.7 Å². The lowest BCUT2D eigenvalue weighted by molar-refractivity contribution is -0.119. The van der Waals surface area contributed by atoms with E-state index >= 15 is 0 Å². The number of anilines is 1. The molecule has 1 fully saturated rings. The van der Waals surface area contributed by atoms with Gasteiger partial charge in [0.25, 0.3) is 0 Å². The summed E-state index contributed by atoms with van der Waals surface area (Å²) in [5.41, 5.74) is 0.740. The molecule has 1 aliphatic rings. The third-order valence-electron chi connectivity index (χ3n) is 4.23. The maximum Gasteiger partial charge on any atom is 0.226 e. The quantitative estimate of drug-likeness (QED) is 0.887. The van der Waals surface area contributed by atoms with Crippen LogP contribution in [-0.2, 0) is 4.79 Å². The average molecular weight is 276 g/mol. The van der Waals surface area contributed by atoms with Gasteiger partial charge in [-0.25, -0.2) is 0 Å². The normalized spacial score (nSPS) is 20.4. The Kier molecular flexibility index (Phi) is 5.01. The molecule has 20 heavy (non-hydrogen) atoms. The van der Waals surface area contributed by atoms with E-state index in [9.17, 15) is 9.90 Å². The SMILES string of the molecule is CC(CC(=O)N(C)c1cccc(O)c1)C1CCCNC1. The monoisotopic (exact) mass is 276 g/mol. The minimum Gasteiger partial charge on any atom is -0.508 e. The number of rotatable bonds is 4. The van der Waals surface area contributed by atoms with Crippen molar-refractivity contribution in [1.82, 2.24) is 5.32 Å². The number of piperidine rings is 1. The van der Waals surface area contributed by atoms with Crippen LogP contribution in [0.2, 0.25) is 0 Å². The van der Waals surface area contributed by atoms with Gasteiger partial charge in [0.05, 0.1) is 0 Å². The first-order valence-corrected chi connectivity index (χ1v) is 7.34. The maximum atomic E-state index is 12.3. The van der Waals surface area contributed by atoms with Gasteiger partial charge in [-0.05, 0) is 49.9 Å². The molecule has 1 heterocycles. The van der Waals surface area contributed by atoms with Crippen LogP contribution >= 0.6 is 0 Å². The Balaban J connectivity index is 1.93. The van der Waals surface area contributed by atoms with Gasteiger partial charge in [-0.2, -0.15) is 0 Å². The summed E-state index contributed by atoms with van der Waals surface area (Å²) >= 11 is 0. The number of hydrogen-bond acceptors (Lipinski definition) is 3. The van der Waals surface area contributed by atoms with Crippen LogP contribution in [0, 0.1) is 11.8 Å². The molecule has 1 aromatic carbocycles. The van der Waals surface area contributed by atoms with Crippen molar-refractivity contribution in [3.63, 3.8) is 0 Å². The highest BCUT2D eigenvalue weighted by Gasteiger charge is 2.23. The van der Waals surface area contributed by atoms with Crippen molar-refractivity contribution in [2.75, 3.05) is 25.0 Å². The van der Waals surface area contributed by atoms with Crippen LogP contribution in [0.25, 0.3) is 0 Å². The second-order valence-corrected chi connectivity index (χ2v) is 5.76. The standard InChI is InChI=1S/C16H24N2O2/c1-12(13-5-4-8-17-11-13)9-16(20)18(2)14-6-3-7-15(19)10-14/h3,6-7,10,12-13,17,19H,4-5,8-9,11H2,1-2H3. The predicted octanol–water partition coefficient (Wildman–Crippen LogP) is 2.38. The van der Waals surface area contributed by atoms with Crippen molar-refractivity contribution in [3.8, 4) is 5.75 Å². The summed E-state index contributed by atoms with van der Waals surface area (Å²) < 4.78 is 0. The Bertz CT molecular complexity index is 456. The Morgan fingerprint density at radius 1 is 1.55 bits per heavy atom. The van der Waals surface area contributed by atoms with Crippen LogP contribution in [0.1, 0.15) is 26.2 Å². The molecule has 0 spiro atoms. The number of carbonyl (C=O) groups excluding carboxylic acids is 1. The number of carbonyl (C=O) groups is 1. The van der Waals surface area contributed by atoms with Crippen LogP contribution in [0.15, 0.2) is 24.3 Å². The Morgan fingerprint density at radius 2 is 2.35 bits per heavy atom. The highest BCUT2D eigenvalue weighted by molar-refractivity contribution is 5.93. The molecule has 4 nitrogen and oxygen atoms in total. The van der Waals surface area contributed by atoms with E-state index in [1.165, 1.54) is 12.8 Å². The molecule has 1 aromatic rings. The molecular formula is C16H24N2O2. The molecule has 110 valence electrons. The van der Waals surface area contributed by atoms with Crippen molar-refractivity contribution in [2.45, 2.75) is 26.2 Å². The Morgan fingerprint density at radius 3 is 3.00 bits per heavy atom. The van der Waals surface area contributed by atoms with E-state index in [0.29, 0.717) is 18.3 Å². The van der Waals surface area contributed by atoms with E-state index in [4.69, 9.17) is 0 Å². The summed E-state index contributed by atoms with van der Waals surface area (Å²) in [6.45, 7) is 4.27. The largest absolute Gasteiger partial charge is 0.508 e. The van der Waals surface area contributed by atoms with Gasteiger partial charge in [0, 0.05) is 25.2 Å². The summed E-state index contributed by atoms with van der Waals surface area (Å²) in [5, 5.41) is 12.9. The van der Waals surface area contributed by atoms with Crippen LogP contribution in [0.5, 0.6) is 5.75 Å². The van der Waals surface area contributed by atoms with Crippen LogP contribution < -0.4 is 10.2 Å². The molecule has 2 unspecified atom stereocenters. The molecule has 1 aliphatic heterocycles. The van der Waals surface area contributed by atoms with Crippen molar-refractivity contribution in [2.24, 2.45) is 11.8 Å². The number of hydrogen-bond donors (Lipinski definition) is 2. The van der Waals surface area contributed by atoms with Crippen LogP contribution in [-0.4, -0.2) is 31.2 Å². The van der Waals surface area contributed by atoms with E-state index in [1.807, 2.05) is 6.07 Å². The molecular weight excluding hydrogens is 252 g/mol. The molecule has 4 heteroatoms. The first kappa shape index (κ1) is 14.9. The fourth-order valence-electron chi connectivity index (χ4n) is 2.79. The Hall–Kier alpha value is -1.55. The first-order valence-electron chi connectivity index (χ1n) is 7.34. The zero-order chi connectivity index (χ0) is 14.5. The summed E-state index contributed by atoms with van der Waals surface area (Å²) in [6, 6.07) is 6.82. The predicted molar refractivity (Wildman–Crippen MR) is 80.9 cm³/mol. The van der Waals surface area contributed by atoms with Crippen molar-refractivity contribution in [3.05, 3.63) is 24.3 Å². The number of nitrogens with zero attached hydrogens (tertiary/aromatic N) is 1. The molecule has 1 amide bonds. The van der Waals surface area contributed by atoms with Crippen molar-refractivity contribution >= 4 is 11.6 Å². The molecule has 0 aliphatic carbocycles. The fraction of sp³-hybridized carbons (Fsp3) is 0.562. The van der Waals surface area contributed by atoms with Crippen LogP contribution in [0.4, 0.5) is 5.69 Å². The van der Waals surface area contributed by atoms with Crippen molar-refractivity contribution < 1.29 is 9.90 Å².